The van der Waals surface area contributed by atoms with Crippen molar-refractivity contribution in [2.24, 2.45) is 5.73 Å². The molecule has 1 aromatic heterocycles. The van der Waals surface area contributed by atoms with Gasteiger partial charge in [0.15, 0.2) is 0 Å². The van der Waals surface area contributed by atoms with E-state index in [-0.39, 0.29) is 6.04 Å². The summed E-state index contributed by atoms with van der Waals surface area (Å²) in [5.41, 5.74) is 8.37. The molecule has 0 amide bonds. The number of nitrogens with two attached hydrogens (primary N) is 1. The summed E-state index contributed by atoms with van der Waals surface area (Å²) in [6.45, 7) is 4.73. The molecule has 1 unspecified atom stereocenters. The van der Waals surface area contributed by atoms with E-state index in [4.69, 9.17) is 10.2 Å². The van der Waals surface area contributed by atoms with Crippen molar-refractivity contribution in [1.29, 1.82) is 0 Å². The van der Waals surface area contributed by atoms with Crippen LogP contribution in [0.15, 0.2) is 40.8 Å². The van der Waals surface area contributed by atoms with Crippen molar-refractivity contribution in [3.05, 3.63) is 53.5 Å². The molecule has 2 rings (SSSR count). The van der Waals surface area contributed by atoms with Crippen LogP contribution in [-0.2, 0) is 6.42 Å². The fourth-order valence-corrected chi connectivity index (χ4v) is 2.36. The lowest BCUT2D eigenvalue weighted by atomic mass is 10.1. The summed E-state index contributed by atoms with van der Waals surface area (Å²) in [5.74, 6) is 1.94. The summed E-state index contributed by atoms with van der Waals surface area (Å²) in [6, 6.07) is 12.5. The normalized spacial score (nSPS) is 12.4. The van der Waals surface area contributed by atoms with E-state index >= 15 is 0 Å². The highest BCUT2D eigenvalue weighted by molar-refractivity contribution is 5.53. The quantitative estimate of drug-likeness (QED) is 0.895. The third kappa shape index (κ3) is 2.82. The van der Waals surface area contributed by atoms with E-state index < -0.39 is 0 Å². The van der Waals surface area contributed by atoms with Crippen LogP contribution in [0.4, 0.5) is 5.69 Å². The summed E-state index contributed by atoms with van der Waals surface area (Å²) in [4.78, 5) is 2.19. The number of anilines is 1. The van der Waals surface area contributed by atoms with Gasteiger partial charge in [0.25, 0.3) is 0 Å². The minimum absolute atomic E-state index is 0.0707. The molecule has 2 N–H and O–H groups in total. The van der Waals surface area contributed by atoms with E-state index in [0.717, 1.165) is 17.9 Å². The smallest absolute Gasteiger partial charge is 0.127 e. The van der Waals surface area contributed by atoms with Crippen molar-refractivity contribution in [2.45, 2.75) is 26.3 Å². The molecule has 0 bridgehead atoms. The van der Waals surface area contributed by atoms with Crippen molar-refractivity contribution in [2.75, 3.05) is 18.5 Å². The van der Waals surface area contributed by atoms with Crippen LogP contribution in [0, 0.1) is 6.92 Å². The van der Waals surface area contributed by atoms with Gasteiger partial charge in [-0.05, 0) is 30.7 Å². The lowest BCUT2D eigenvalue weighted by Crippen LogP contribution is -2.30. The van der Waals surface area contributed by atoms with Crippen molar-refractivity contribution < 1.29 is 4.42 Å². The molecule has 3 nitrogen and oxygen atoms in total. The van der Waals surface area contributed by atoms with Gasteiger partial charge in [-0.2, -0.15) is 0 Å². The van der Waals surface area contributed by atoms with Gasteiger partial charge in [-0.15, -0.1) is 0 Å². The number of hydrogen-bond acceptors (Lipinski definition) is 3. The number of nitrogens with zero attached hydrogens (tertiary/aromatic N) is 1. The van der Waals surface area contributed by atoms with Crippen molar-refractivity contribution in [1.82, 2.24) is 0 Å². The first-order chi connectivity index (χ1) is 9.17. The summed E-state index contributed by atoms with van der Waals surface area (Å²) in [5, 5.41) is 0. The third-order valence-electron chi connectivity index (χ3n) is 3.55. The number of hydrogen-bond donors (Lipinski definition) is 1. The Balaban J connectivity index is 2.29. The Morgan fingerprint density at radius 1 is 1.21 bits per heavy atom. The van der Waals surface area contributed by atoms with Crippen LogP contribution in [0.3, 0.4) is 0 Å². The Bertz CT molecular complexity index is 533. The molecule has 0 fully saturated rings. The second-order valence-corrected chi connectivity index (χ2v) is 4.81. The van der Waals surface area contributed by atoms with Gasteiger partial charge in [-0.25, -0.2) is 0 Å². The van der Waals surface area contributed by atoms with Gasteiger partial charge in [0, 0.05) is 25.7 Å². The second-order valence-electron chi connectivity index (χ2n) is 4.81. The Labute approximate surface area is 115 Å². The maximum atomic E-state index is 5.94. The van der Waals surface area contributed by atoms with Gasteiger partial charge >= 0.3 is 0 Å². The van der Waals surface area contributed by atoms with Gasteiger partial charge in [-0.1, -0.05) is 25.1 Å². The lowest BCUT2D eigenvalue weighted by molar-refractivity contribution is 0.431. The third-order valence-corrected chi connectivity index (χ3v) is 3.55. The van der Waals surface area contributed by atoms with Crippen LogP contribution >= 0.6 is 0 Å². The van der Waals surface area contributed by atoms with Crippen molar-refractivity contribution in [3.8, 4) is 0 Å². The Morgan fingerprint density at radius 2 is 1.95 bits per heavy atom. The average molecular weight is 258 g/mol. The molecule has 1 heterocycles. The fraction of sp³-hybridized carbons (Fsp3) is 0.375. The van der Waals surface area contributed by atoms with Gasteiger partial charge in [0.2, 0.25) is 0 Å². The predicted octanol–water partition coefficient (Wildman–Crippen LogP) is 3.29. The van der Waals surface area contributed by atoms with Crippen LogP contribution in [0.5, 0.6) is 0 Å². The molecular weight excluding hydrogens is 236 g/mol. The highest BCUT2D eigenvalue weighted by atomic mass is 16.3. The van der Waals surface area contributed by atoms with Crippen LogP contribution in [0.2, 0.25) is 0 Å². The van der Waals surface area contributed by atoms with Crippen LogP contribution in [0.25, 0.3) is 0 Å². The zero-order valence-corrected chi connectivity index (χ0v) is 11.9. The largest absolute Gasteiger partial charge is 0.464 e. The van der Waals surface area contributed by atoms with Gasteiger partial charge in [-0.3, -0.25) is 0 Å². The maximum absolute atomic E-state index is 5.94. The first-order valence-corrected chi connectivity index (χ1v) is 6.74. The Hall–Kier alpha value is -1.74. The lowest BCUT2D eigenvalue weighted by Gasteiger charge is -2.28. The number of likely N-dealkylation sites (N-methyl/N-ethyl adjacent to an activating group) is 1. The van der Waals surface area contributed by atoms with Crippen LogP contribution in [0.1, 0.15) is 30.0 Å². The molecule has 0 radical (unpaired) electrons. The Morgan fingerprint density at radius 3 is 2.53 bits per heavy atom. The van der Waals surface area contributed by atoms with Gasteiger partial charge in [0.1, 0.15) is 11.5 Å². The molecule has 102 valence electrons. The summed E-state index contributed by atoms with van der Waals surface area (Å²) >= 11 is 0. The molecule has 2 aromatic rings. The highest BCUT2D eigenvalue weighted by Gasteiger charge is 2.20. The van der Waals surface area contributed by atoms with Crippen molar-refractivity contribution >= 4 is 5.69 Å². The monoisotopic (exact) mass is 258 g/mol. The van der Waals surface area contributed by atoms with Gasteiger partial charge < -0.3 is 15.1 Å². The standard InChI is InChI=1S/C16H22N2O/c1-4-13-9-10-16(19-13)15(11-17)18(3)14-8-6-5-7-12(14)2/h5-10,15H,4,11,17H2,1-3H3. The molecule has 1 atom stereocenters. The molecule has 0 aliphatic heterocycles. The zero-order valence-electron chi connectivity index (χ0n) is 11.9. The van der Waals surface area contributed by atoms with E-state index in [9.17, 15) is 0 Å². The van der Waals surface area contributed by atoms with Crippen LogP contribution in [-0.4, -0.2) is 13.6 Å². The zero-order chi connectivity index (χ0) is 13.8. The molecule has 0 aliphatic rings. The predicted molar refractivity (Wildman–Crippen MR) is 79.5 cm³/mol. The van der Waals surface area contributed by atoms with E-state index in [1.807, 2.05) is 24.3 Å². The average Bonchev–Trinajstić information content (AvgIpc) is 2.88. The molecule has 1 aromatic carbocycles. The fourth-order valence-electron chi connectivity index (χ4n) is 2.36. The maximum Gasteiger partial charge on any atom is 0.127 e. The number of para-hydroxylation sites is 1. The SMILES string of the molecule is CCc1ccc(C(CN)N(C)c2ccccc2C)o1. The molecule has 0 spiro atoms. The minimum atomic E-state index is 0.0707. The molecule has 0 saturated carbocycles. The summed E-state index contributed by atoms with van der Waals surface area (Å²) in [6.07, 6.45) is 0.908. The number of aryl methyl sites for hydroxylation is 2. The van der Waals surface area contributed by atoms with Gasteiger partial charge in [0.05, 0.1) is 6.04 Å². The second kappa shape index (κ2) is 5.93. The van der Waals surface area contributed by atoms with Crippen molar-refractivity contribution in [3.63, 3.8) is 0 Å². The molecular formula is C16H22N2O. The molecule has 0 aliphatic carbocycles. The summed E-state index contributed by atoms with van der Waals surface area (Å²) < 4.78 is 5.85. The minimum Gasteiger partial charge on any atom is -0.464 e. The number of rotatable bonds is 5. The van der Waals surface area contributed by atoms with Crippen LogP contribution < -0.4 is 10.6 Å². The van der Waals surface area contributed by atoms with E-state index in [1.54, 1.807) is 0 Å². The van der Waals surface area contributed by atoms with E-state index in [1.165, 1.54) is 11.3 Å². The topological polar surface area (TPSA) is 42.4 Å². The van der Waals surface area contributed by atoms with E-state index in [0.29, 0.717) is 6.54 Å². The first kappa shape index (κ1) is 13.7. The summed E-state index contributed by atoms with van der Waals surface area (Å²) in [7, 11) is 2.06. The Kier molecular flexibility index (Phi) is 4.27. The first-order valence-electron chi connectivity index (χ1n) is 6.74. The molecule has 3 heteroatoms. The number of furan rings is 1. The number of benzene rings is 1. The van der Waals surface area contributed by atoms with E-state index in [2.05, 4.69) is 37.9 Å². The highest BCUT2D eigenvalue weighted by Crippen LogP contribution is 2.28. The molecule has 19 heavy (non-hydrogen) atoms. The molecule has 0 saturated heterocycles.